The Morgan fingerprint density at radius 3 is 2.68 bits per heavy atom. The fraction of sp³-hybridized carbons (Fsp3) is 0.583. The van der Waals surface area contributed by atoms with Gasteiger partial charge in [-0.25, -0.2) is 13.6 Å². The quantitative estimate of drug-likeness (QED) is 0.879. The Kier molecular flexibility index (Phi) is 3.69. The third-order valence-electron chi connectivity index (χ3n) is 3.68. The molecule has 0 spiro atoms. The first kappa shape index (κ1) is 14.1. The van der Waals surface area contributed by atoms with Crippen molar-refractivity contribution in [3.8, 4) is 0 Å². The summed E-state index contributed by atoms with van der Waals surface area (Å²) in [5, 5.41) is 5.07. The summed E-state index contributed by atoms with van der Waals surface area (Å²) < 4.78 is 24.1. The molecule has 1 aromatic rings. The number of carbonyl (C=O) groups is 1. The molecule has 1 aromatic heterocycles. The van der Waals surface area contributed by atoms with Crippen LogP contribution in [0.3, 0.4) is 0 Å². The number of nitrogens with zero attached hydrogens (tertiary/aromatic N) is 2. The minimum atomic E-state index is -3.77. The molecule has 1 amide bonds. The lowest BCUT2D eigenvalue weighted by Gasteiger charge is -2.16. The van der Waals surface area contributed by atoms with Crippen LogP contribution in [0, 0.1) is 5.92 Å². The van der Waals surface area contributed by atoms with E-state index in [1.807, 2.05) is 0 Å². The van der Waals surface area contributed by atoms with Crippen molar-refractivity contribution in [2.45, 2.75) is 24.7 Å². The van der Waals surface area contributed by atoms with Crippen molar-refractivity contribution in [3.05, 3.63) is 18.0 Å². The van der Waals surface area contributed by atoms with Gasteiger partial charge in [0.25, 0.3) is 5.91 Å². The van der Waals surface area contributed by atoms with E-state index >= 15 is 0 Å². The van der Waals surface area contributed by atoms with E-state index in [1.54, 1.807) is 11.9 Å². The van der Waals surface area contributed by atoms with Gasteiger partial charge in [0.2, 0.25) is 10.0 Å². The van der Waals surface area contributed by atoms with Crippen LogP contribution in [0.5, 0.6) is 0 Å². The standard InChI is InChI=1S/C12H19N3O3S/c1-3-9-4-5-15(7-9)12(16)11-6-10(8-14(11)2)19(13,17)18/h6,8-9H,3-5,7H2,1-2H3,(H2,13,17,18). The second-order valence-electron chi connectivity index (χ2n) is 5.03. The van der Waals surface area contributed by atoms with E-state index in [4.69, 9.17) is 5.14 Å². The third kappa shape index (κ3) is 2.82. The molecule has 1 saturated heterocycles. The summed E-state index contributed by atoms with van der Waals surface area (Å²) in [6.07, 6.45) is 3.43. The molecule has 0 aromatic carbocycles. The number of hydrogen-bond acceptors (Lipinski definition) is 3. The molecule has 1 unspecified atom stereocenters. The average Bonchev–Trinajstić information content (AvgIpc) is 2.93. The maximum absolute atomic E-state index is 12.3. The molecule has 1 aliphatic heterocycles. The average molecular weight is 285 g/mol. The molecular weight excluding hydrogens is 266 g/mol. The van der Waals surface area contributed by atoms with E-state index in [2.05, 4.69) is 6.92 Å². The molecule has 19 heavy (non-hydrogen) atoms. The van der Waals surface area contributed by atoms with Crippen LogP contribution in [0.25, 0.3) is 0 Å². The molecule has 0 bridgehead atoms. The van der Waals surface area contributed by atoms with Crippen LogP contribution in [0.1, 0.15) is 30.3 Å². The van der Waals surface area contributed by atoms with Crippen LogP contribution in [0.4, 0.5) is 0 Å². The lowest BCUT2D eigenvalue weighted by atomic mass is 10.1. The van der Waals surface area contributed by atoms with Crippen LogP contribution < -0.4 is 5.14 Å². The Morgan fingerprint density at radius 2 is 2.21 bits per heavy atom. The van der Waals surface area contributed by atoms with Crippen molar-refractivity contribution in [3.63, 3.8) is 0 Å². The van der Waals surface area contributed by atoms with Gasteiger partial charge in [-0.15, -0.1) is 0 Å². The summed E-state index contributed by atoms with van der Waals surface area (Å²) in [7, 11) is -2.12. The van der Waals surface area contributed by atoms with Crippen LogP contribution >= 0.6 is 0 Å². The highest BCUT2D eigenvalue weighted by molar-refractivity contribution is 7.89. The smallest absolute Gasteiger partial charge is 0.270 e. The zero-order chi connectivity index (χ0) is 14.2. The highest BCUT2D eigenvalue weighted by atomic mass is 32.2. The van der Waals surface area contributed by atoms with Crippen LogP contribution in [-0.2, 0) is 17.1 Å². The largest absolute Gasteiger partial charge is 0.345 e. The van der Waals surface area contributed by atoms with Gasteiger partial charge in [-0.2, -0.15) is 0 Å². The molecule has 0 radical (unpaired) electrons. The van der Waals surface area contributed by atoms with Gasteiger partial charge >= 0.3 is 0 Å². The zero-order valence-electron chi connectivity index (χ0n) is 11.2. The van der Waals surface area contributed by atoms with Gasteiger partial charge in [-0.3, -0.25) is 4.79 Å². The predicted octanol–water partition coefficient (Wildman–Crippen LogP) is 0.545. The molecule has 2 rings (SSSR count). The topological polar surface area (TPSA) is 85.4 Å². The van der Waals surface area contributed by atoms with Gasteiger partial charge in [0.05, 0.1) is 0 Å². The Labute approximate surface area is 113 Å². The number of nitrogens with two attached hydrogens (primary N) is 1. The van der Waals surface area contributed by atoms with Crippen molar-refractivity contribution < 1.29 is 13.2 Å². The van der Waals surface area contributed by atoms with Crippen LogP contribution in [-0.4, -0.2) is 36.9 Å². The van der Waals surface area contributed by atoms with E-state index < -0.39 is 10.0 Å². The monoisotopic (exact) mass is 285 g/mol. The lowest BCUT2D eigenvalue weighted by Crippen LogP contribution is -2.30. The van der Waals surface area contributed by atoms with Gasteiger partial charge in [0.1, 0.15) is 10.6 Å². The maximum Gasteiger partial charge on any atom is 0.270 e. The highest BCUT2D eigenvalue weighted by Gasteiger charge is 2.28. The number of hydrogen-bond donors (Lipinski definition) is 1. The fourth-order valence-corrected chi connectivity index (χ4v) is 3.00. The van der Waals surface area contributed by atoms with E-state index in [-0.39, 0.29) is 10.8 Å². The fourth-order valence-electron chi connectivity index (χ4n) is 2.41. The lowest BCUT2D eigenvalue weighted by molar-refractivity contribution is 0.0777. The molecule has 106 valence electrons. The van der Waals surface area contributed by atoms with Gasteiger partial charge in [-0.05, 0) is 18.4 Å². The predicted molar refractivity (Wildman–Crippen MR) is 71.1 cm³/mol. The summed E-state index contributed by atoms with van der Waals surface area (Å²) in [5.74, 6) is 0.412. The highest BCUT2D eigenvalue weighted by Crippen LogP contribution is 2.22. The number of rotatable bonds is 3. The molecule has 1 fully saturated rings. The first-order valence-electron chi connectivity index (χ1n) is 6.31. The van der Waals surface area contributed by atoms with E-state index in [0.29, 0.717) is 11.6 Å². The molecule has 2 N–H and O–H groups in total. The normalized spacial score (nSPS) is 19.9. The van der Waals surface area contributed by atoms with Gasteiger partial charge in [-0.1, -0.05) is 13.3 Å². The third-order valence-corrected chi connectivity index (χ3v) is 4.56. The van der Waals surface area contributed by atoms with Gasteiger partial charge in [0, 0.05) is 26.3 Å². The maximum atomic E-state index is 12.3. The summed E-state index contributed by atoms with van der Waals surface area (Å²) in [6, 6.07) is 1.34. The number of amides is 1. The summed E-state index contributed by atoms with van der Waals surface area (Å²) in [5.41, 5.74) is 0.362. The van der Waals surface area contributed by atoms with Crippen molar-refractivity contribution >= 4 is 15.9 Å². The molecule has 1 atom stereocenters. The first-order chi connectivity index (χ1) is 8.82. The SMILES string of the molecule is CCC1CCN(C(=O)c2cc(S(N)(=O)=O)cn2C)C1. The van der Waals surface area contributed by atoms with Crippen molar-refractivity contribution in [1.82, 2.24) is 9.47 Å². The Hall–Kier alpha value is -1.34. The van der Waals surface area contributed by atoms with Crippen LogP contribution in [0.2, 0.25) is 0 Å². The van der Waals surface area contributed by atoms with Gasteiger partial charge in [0.15, 0.2) is 0 Å². The van der Waals surface area contributed by atoms with Crippen molar-refractivity contribution in [2.75, 3.05) is 13.1 Å². The summed E-state index contributed by atoms with van der Waals surface area (Å²) in [6.45, 7) is 3.58. The molecule has 7 heteroatoms. The summed E-state index contributed by atoms with van der Waals surface area (Å²) in [4.78, 5) is 14.1. The summed E-state index contributed by atoms with van der Waals surface area (Å²) >= 11 is 0. The zero-order valence-corrected chi connectivity index (χ0v) is 12.0. The molecule has 0 saturated carbocycles. The molecule has 6 nitrogen and oxygen atoms in total. The van der Waals surface area contributed by atoms with Crippen molar-refractivity contribution in [2.24, 2.45) is 18.1 Å². The minimum absolute atomic E-state index is 0.0235. The number of carbonyl (C=O) groups excluding carboxylic acids is 1. The number of primary sulfonamides is 1. The second-order valence-corrected chi connectivity index (χ2v) is 6.59. The molecule has 0 aliphatic carbocycles. The van der Waals surface area contributed by atoms with E-state index in [1.165, 1.54) is 16.8 Å². The van der Waals surface area contributed by atoms with E-state index in [9.17, 15) is 13.2 Å². The Balaban J connectivity index is 2.23. The minimum Gasteiger partial charge on any atom is -0.345 e. The number of aromatic nitrogens is 1. The van der Waals surface area contributed by atoms with Crippen molar-refractivity contribution in [1.29, 1.82) is 0 Å². The Morgan fingerprint density at radius 1 is 1.53 bits per heavy atom. The molecule has 2 heterocycles. The first-order valence-corrected chi connectivity index (χ1v) is 7.86. The number of likely N-dealkylation sites (tertiary alicyclic amines) is 1. The van der Waals surface area contributed by atoms with Gasteiger partial charge < -0.3 is 9.47 Å². The Bertz CT molecular complexity index is 591. The number of aryl methyl sites for hydroxylation is 1. The van der Waals surface area contributed by atoms with E-state index in [0.717, 1.165) is 25.9 Å². The van der Waals surface area contributed by atoms with Crippen LogP contribution in [0.15, 0.2) is 17.2 Å². The number of sulfonamides is 1. The molecular formula is C12H19N3O3S. The molecule has 1 aliphatic rings. The second kappa shape index (κ2) is 4.97.